The number of hydrogen-bond acceptors (Lipinski definition) is 3. The molecule has 4 heteroatoms. The van der Waals surface area contributed by atoms with Gasteiger partial charge in [0, 0.05) is 7.34 Å². The Hall–Kier alpha value is -1.06. The predicted octanol–water partition coefficient (Wildman–Crippen LogP) is 5.80. The number of nitrogens with one attached hydrogen (secondary N) is 1. The molecule has 0 amide bonds. The first-order chi connectivity index (χ1) is 10.7. The van der Waals surface area contributed by atoms with Gasteiger partial charge in [0.05, 0.1) is 0 Å². The van der Waals surface area contributed by atoms with Crippen molar-refractivity contribution in [3.8, 4) is 0 Å². The van der Waals surface area contributed by atoms with E-state index in [0.717, 1.165) is 6.42 Å². The fraction of sp³-hybridized carbons (Fsp3) is 0.889. The summed E-state index contributed by atoms with van der Waals surface area (Å²) in [6, 6.07) is 0. The van der Waals surface area contributed by atoms with Crippen LogP contribution in [0.25, 0.3) is 0 Å². The van der Waals surface area contributed by atoms with E-state index in [0.29, 0.717) is 5.82 Å². The molecule has 1 heterocycles. The van der Waals surface area contributed by atoms with Crippen molar-refractivity contribution >= 4 is 0 Å². The second kappa shape index (κ2) is 12.5. The molecule has 22 heavy (non-hydrogen) atoms. The molecular formula is C18H36N2O2. The van der Waals surface area contributed by atoms with Crippen molar-refractivity contribution in [2.24, 2.45) is 0 Å². The first-order valence-corrected chi connectivity index (χ1v) is 9.30. The Bertz CT molecular complexity index is 417. The molecule has 0 radical (unpaired) electrons. The summed E-state index contributed by atoms with van der Waals surface area (Å²) in [5, 5.41) is 3.75. The lowest BCUT2D eigenvalue weighted by atomic mass is 10.0. The van der Waals surface area contributed by atoms with Crippen molar-refractivity contribution in [2.75, 3.05) is 0 Å². The van der Waals surface area contributed by atoms with Crippen molar-refractivity contribution < 1.29 is 5.95 Å². The van der Waals surface area contributed by atoms with Crippen LogP contribution >= 0.6 is 0 Å². The van der Waals surface area contributed by atoms with E-state index >= 15 is 0 Å². The van der Waals surface area contributed by atoms with E-state index in [9.17, 15) is 4.79 Å². The van der Waals surface area contributed by atoms with Crippen molar-refractivity contribution in [3.05, 3.63) is 16.4 Å². The van der Waals surface area contributed by atoms with Crippen LogP contribution in [0.3, 0.4) is 0 Å². The van der Waals surface area contributed by atoms with E-state index in [1.54, 1.807) is 0 Å². The molecule has 130 valence electrons. The Morgan fingerprint density at radius 2 is 1.45 bits per heavy atom. The summed E-state index contributed by atoms with van der Waals surface area (Å²) in [5.41, 5.74) is 0. The maximum absolute atomic E-state index is 10.9. The van der Waals surface area contributed by atoms with E-state index in [4.69, 9.17) is 0 Å². The monoisotopic (exact) mass is 312 g/mol. The summed E-state index contributed by atoms with van der Waals surface area (Å²) in [4.78, 5) is 13.5. The van der Waals surface area contributed by atoms with E-state index in [1.807, 2.05) is 0 Å². The topological polar surface area (TPSA) is 58.9 Å². The van der Waals surface area contributed by atoms with Gasteiger partial charge in [-0.05, 0) is 6.42 Å². The van der Waals surface area contributed by atoms with Crippen molar-refractivity contribution in [2.45, 2.75) is 103 Å². The van der Waals surface area contributed by atoms with Crippen LogP contribution in [0.1, 0.15) is 110 Å². The summed E-state index contributed by atoms with van der Waals surface area (Å²) in [5.74, 6) is 0.527. The van der Waals surface area contributed by atoms with Crippen LogP contribution in [0, 0.1) is 0 Å². The number of H-pyrrole nitrogens is 1. The second-order valence-electron chi connectivity index (χ2n) is 6.56. The lowest BCUT2D eigenvalue weighted by molar-refractivity contribution is 0.376. The average molecular weight is 312 g/mol. The van der Waals surface area contributed by atoms with Gasteiger partial charge in [0.1, 0.15) is 0 Å². The SMILES string of the molecule is CCCCCCCCCCCCCCC(C)c1noc(=O)[nH]1.[HH]. The van der Waals surface area contributed by atoms with E-state index < -0.39 is 5.76 Å². The zero-order chi connectivity index (χ0) is 16.0. The Labute approximate surface area is 136 Å². The molecule has 1 atom stereocenters. The number of aromatic amines is 1. The van der Waals surface area contributed by atoms with Crippen LogP contribution in [-0.4, -0.2) is 10.1 Å². The lowest BCUT2D eigenvalue weighted by Crippen LogP contribution is -2.01. The molecule has 0 aromatic carbocycles. The number of rotatable bonds is 14. The Morgan fingerprint density at radius 3 is 1.91 bits per heavy atom. The van der Waals surface area contributed by atoms with Crippen LogP contribution in [0.2, 0.25) is 0 Å². The van der Waals surface area contributed by atoms with Crippen molar-refractivity contribution in [1.82, 2.24) is 10.1 Å². The minimum atomic E-state index is -0.448. The molecule has 1 unspecified atom stereocenters. The summed E-state index contributed by atoms with van der Waals surface area (Å²) in [7, 11) is 0. The van der Waals surface area contributed by atoms with Crippen molar-refractivity contribution in [3.63, 3.8) is 0 Å². The molecule has 1 N–H and O–H groups in total. The highest BCUT2D eigenvalue weighted by molar-refractivity contribution is 4.88. The Balaban J connectivity index is 0.00000484. The van der Waals surface area contributed by atoms with Gasteiger partial charge in [-0.2, -0.15) is 0 Å². The maximum Gasteiger partial charge on any atom is 0.438 e. The highest BCUT2D eigenvalue weighted by Crippen LogP contribution is 2.18. The fourth-order valence-corrected chi connectivity index (χ4v) is 2.88. The van der Waals surface area contributed by atoms with E-state index in [2.05, 4.69) is 28.5 Å². The smallest absolute Gasteiger partial charge is 0.296 e. The number of hydrogen-bond donors (Lipinski definition) is 1. The quantitative estimate of drug-likeness (QED) is 0.441. The molecular weight excluding hydrogens is 276 g/mol. The molecule has 0 aliphatic heterocycles. The third-order valence-corrected chi connectivity index (χ3v) is 4.41. The zero-order valence-electron chi connectivity index (χ0n) is 14.5. The van der Waals surface area contributed by atoms with Crippen LogP contribution < -0.4 is 5.76 Å². The molecule has 0 aliphatic carbocycles. The number of aromatic nitrogens is 2. The minimum absolute atomic E-state index is 0. The first-order valence-electron chi connectivity index (χ1n) is 9.30. The van der Waals surface area contributed by atoms with Crippen LogP contribution in [0.5, 0.6) is 0 Å². The first kappa shape index (κ1) is 19.0. The fourth-order valence-electron chi connectivity index (χ4n) is 2.88. The average Bonchev–Trinajstić information content (AvgIpc) is 2.95. The lowest BCUT2D eigenvalue weighted by Gasteiger charge is -2.06. The minimum Gasteiger partial charge on any atom is -0.296 e. The highest BCUT2D eigenvalue weighted by Gasteiger charge is 2.10. The maximum atomic E-state index is 10.9. The molecule has 0 saturated carbocycles. The van der Waals surface area contributed by atoms with E-state index in [1.165, 1.54) is 77.0 Å². The molecule has 1 aromatic rings. The van der Waals surface area contributed by atoms with Gasteiger partial charge in [-0.3, -0.25) is 9.51 Å². The van der Waals surface area contributed by atoms with Gasteiger partial charge in [-0.1, -0.05) is 96.1 Å². The predicted molar refractivity (Wildman–Crippen MR) is 93.3 cm³/mol. The van der Waals surface area contributed by atoms with Gasteiger partial charge in [0.2, 0.25) is 0 Å². The largest absolute Gasteiger partial charge is 0.438 e. The molecule has 1 rings (SSSR count). The van der Waals surface area contributed by atoms with Gasteiger partial charge >= 0.3 is 5.76 Å². The molecule has 4 nitrogen and oxygen atoms in total. The third-order valence-electron chi connectivity index (χ3n) is 4.41. The van der Waals surface area contributed by atoms with Gasteiger partial charge < -0.3 is 0 Å². The number of nitrogens with zero attached hydrogens (tertiary/aromatic N) is 1. The van der Waals surface area contributed by atoms with Crippen LogP contribution in [0.15, 0.2) is 9.32 Å². The standard InChI is InChI=1S/C18H34N2O2.H2/c1-3-4-5-6-7-8-9-10-11-12-13-14-15-16(2)17-19-18(21)22-20-17;/h16H,3-15H2,1-2H3,(H,19,20,21);1H. The molecule has 1 aromatic heterocycles. The molecule has 0 spiro atoms. The van der Waals surface area contributed by atoms with Crippen LogP contribution in [0.4, 0.5) is 0 Å². The molecule has 0 aliphatic rings. The molecule has 0 saturated heterocycles. The van der Waals surface area contributed by atoms with E-state index in [-0.39, 0.29) is 7.34 Å². The molecule has 0 bridgehead atoms. The van der Waals surface area contributed by atoms with Gasteiger partial charge in [0.15, 0.2) is 5.82 Å². The summed E-state index contributed by atoms with van der Waals surface area (Å²) >= 11 is 0. The zero-order valence-corrected chi connectivity index (χ0v) is 14.5. The van der Waals surface area contributed by atoms with Gasteiger partial charge in [-0.15, -0.1) is 0 Å². The molecule has 0 fully saturated rings. The summed E-state index contributed by atoms with van der Waals surface area (Å²) < 4.78 is 4.54. The second-order valence-corrected chi connectivity index (χ2v) is 6.56. The Kier molecular flexibility index (Phi) is 10.8. The van der Waals surface area contributed by atoms with Crippen LogP contribution in [-0.2, 0) is 0 Å². The van der Waals surface area contributed by atoms with Gasteiger partial charge in [-0.25, -0.2) is 4.79 Å². The third kappa shape index (κ3) is 9.06. The normalized spacial score (nSPS) is 12.6. The van der Waals surface area contributed by atoms with Crippen molar-refractivity contribution in [1.29, 1.82) is 0 Å². The van der Waals surface area contributed by atoms with Gasteiger partial charge in [0.25, 0.3) is 0 Å². The highest BCUT2D eigenvalue weighted by atomic mass is 16.5. The Morgan fingerprint density at radius 1 is 0.955 bits per heavy atom. The number of unbranched alkanes of at least 4 members (excludes halogenated alkanes) is 11. The summed E-state index contributed by atoms with van der Waals surface area (Å²) in [6.45, 7) is 4.36. The summed E-state index contributed by atoms with van der Waals surface area (Å²) in [6.07, 6.45) is 17.5.